The van der Waals surface area contributed by atoms with E-state index in [1.165, 1.54) is 0 Å². The minimum Gasteiger partial charge on any atom is -0.233 e. The highest BCUT2D eigenvalue weighted by Crippen LogP contribution is 2.21. The maximum Gasteiger partial charge on any atom is 0.166 e. The summed E-state index contributed by atoms with van der Waals surface area (Å²) in [6.45, 7) is 0. The van der Waals surface area contributed by atoms with E-state index in [9.17, 15) is 0 Å². The van der Waals surface area contributed by atoms with Crippen LogP contribution in [0.25, 0.3) is 0 Å². The standard InChI is InChI=1S/C6H10N2S/c1-9(2)6-7-4-3-5-8-6/h3-5,9H,1-2H3. The topological polar surface area (TPSA) is 25.8 Å². The lowest BCUT2D eigenvalue weighted by atomic mass is 10.7. The van der Waals surface area contributed by atoms with Crippen LogP contribution < -0.4 is 0 Å². The zero-order valence-electron chi connectivity index (χ0n) is 5.57. The predicted molar refractivity (Wildman–Crippen MR) is 41.1 cm³/mol. The molecule has 0 amide bonds. The largest absolute Gasteiger partial charge is 0.233 e. The van der Waals surface area contributed by atoms with Gasteiger partial charge in [0.15, 0.2) is 5.16 Å². The molecule has 1 aromatic rings. The van der Waals surface area contributed by atoms with Crippen molar-refractivity contribution in [3.63, 3.8) is 0 Å². The Morgan fingerprint density at radius 2 is 1.78 bits per heavy atom. The van der Waals surface area contributed by atoms with E-state index in [-0.39, 0.29) is 10.9 Å². The second-order valence-corrected chi connectivity index (χ2v) is 4.13. The molecule has 0 spiro atoms. The van der Waals surface area contributed by atoms with Crippen LogP contribution in [-0.2, 0) is 0 Å². The van der Waals surface area contributed by atoms with E-state index in [2.05, 4.69) is 22.5 Å². The first-order valence-corrected chi connectivity index (χ1v) is 4.98. The number of aromatic nitrogens is 2. The number of nitrogens with zero attached hydrogens (tertiary/aromatic N) is 2. The summed E-state index contributed by atoms with van der Waals surface area (Å²) >= 11 is 0. The number of hydrogen-bond donors (Lipinski definition) is 1. The maximum atomic E-state index is 4.10. The second-order valence-electron chi connectivity index (χ2n) is 1.94. The molecular formula is C6H10N2S. The van der Waals surface area contributed by atoms with Crippen molar-refractivity contribution in [3.05, 3.63) is 18.5 Å². The van der Waals surface area contributed by atoms with Gasteiger partial charge in [0.2, 0.25) is 0 Å². The van der Waals surface area contributed by atoms with Gasteiger partial charge in [-0.2, -0.15) is 10.9 Å². The third-order valence-corrected chi connectivity index (χ3v) is 1.98. The van der Waals surface area contributed by atoms with E-state index in [1.807, 2.05) is 6.07 Å². The Morgan fingerprint density at radius 3 is 2.11 bits per heavy atom. The molecule has 0 saturated carbocycles. The highest BCUT2D eigenvalue weighted by atomic mass is 32.2. The van der Waals surface area contributed by atoms with Gasteiger partial charge in [-0.1, -0.05) is 0 Å². The van der Waals surface area contributed by atoms with Gasteiger partial charge in [-0.15, -0.1) is 0 Å². The lowest BCUT2D eigenvalue weighted by Gasteiger charge is -2.03. The van der Waals surface area contributed by atoms with Crippen molar-refractivity contribution in [1.29, 1.82) is 0 Å². The smallest absolute Gasteiger partial charge is 0.166 e. The Kier molecular flexibility index (Phi) is 2.05. The third-order valence-electron chi connectivity index (χ3n) is 0.952. The molecule has 1 aromatic heterocycles. The van der Waals surface area contributed by atoms with Crippen LogP contribution in [0.15, 0.2) is 23.6 Å². The molecule has 9 heavy (non-hydrogen) atoms. The van der Waals surface area contributed by atoms with Crippen LogP contribution in [0.5, 0.6) is 0 Å². The maximum absolute atomic E-state index is 4.10. The Hall–Kier alpha value is -0.570. The molecule has 0 N–H and O–H groups in total. The summed E-state index contributed by atoms with van der Waals surface area (Å²) in [6, 6.07) is 1.84. The monoisotopic (exact) mass is 142 g/mol. The quantitative estimate of drug-likeness (QED) is 0.469. The van der Waals surface area contributed by atoms with Crippen LogP contribution in [-0.4, -0.2) is 22.5 Å². The van der Waals surface area contributed by atoms with Gasteiger partial charge in [-0.05, 0) is 18.6 Å². The fourth-order valence-electron chi connectivity index (χ4n) is 0.522. The summed E-state index contributed by atoms with van der Waals surface area (Å²) in [7, 11) is -0.118. The third kappa shape index (κ3) is 1.68. The second kappa shape index (κ2) is 2.82. The van der Waals surface area contributed by atoms with E-state index in [0.29, 0.717) is 0 Å². The van der Waals surface area contributed by atoms with Gasteiger partial charge in [-0.3, -0.25) is 0 Å². The summed E-state index contributed by atoms with van der Waals surface area (Å²) in [5.41, 5.74) is 0. The molecule has 0 fully saturated rings. The zero-order chi connectivity index (χ0) is 6.69. The van der Waals surface area contributed by atoms with E-state index < -0.39 is 0 Å². The number of rotatable bonds is 1. The number of hydrogen-bond acceptors (Lipinski definition) is 2. The first-order valence-electron chi connectivity index (χ1n) is 2.75. The molecule has 3 heteroatoms. The normalized spacial score (nSPS) is 11.1. The van der Waals surface area contributed by atoms with Crippen molar-refractivity contribution >= 4 is 10.9 Å². The summed E-state index contributed by atoms with van der Waals surface area (Å²) in [6.07, 6.45) is 7.85. The van der Waals surface area contributed by atoms with Gasteiger partial charge >= 0.3 is 0 Å². The van der Waals surface area contributed by atoms with Gasteiger partial charge in [0.1, 0.15) is 0 Å². The van der Waals surface area contributed by atoms with Crippen LogP contribution >= 0.6 is 10.9 Å². The van der Waals surface area contributed by atoms with Crippen molar-refractivity contribution in [2.75, 3.05) is 12.5 Å². The van der Waals surface area contributed by atoms with E-state index in [4.69, 9.17) is 0 Å². The summed E-state index contributed by atoms with van der Waals surface area (Å²) < 4.78 is 0. The van der Waals surface area contributed by atoms with Crippen LogP contribution in [0.3, 0.4) is 0 Å². The first kappa shape index (κ1) is 6.55. The summed E-state index contributed by atoms with van der Waals surface area (Å²) in [5, 5.41) is 0.979. The van der Waals surface area contributed by atoms with Crippen molar-refractivity contribution < 1.29 is 0 Å². The van der Waals surface area contributed by atoms with Crippen molar-refractivity contribution in [2.24, 2.45) is 0 Å². The average Bonchev–Trinajstić information content (AvgIpc) is 1.90. The molecule has 50 valence electrons. The minimum absolute atomic E-state index is 0.118. The van der Waals surface area contributed by atoms with E-state index >= 15 is 0 Å². The molecule has 0 aliphatic rings. The van der Waals surface area contributed by atoms with Crippen molar-refractivity contribution in [2.45, 2.75) is 5.16 Å². The average molecular weight is 142 g/mol. The molecule has 1 heterocycles. The van der Waals surface area contributed by atoms with Crippen LogP contribution in [0.4, 0.5) is 0 Å². The van der Waals surface area contributed by atoms with Gasteiger partial charge < -0.3 is 0 Å². The number of thiol groups is 1. The van der Waals surface area contributed by atoms with Crippen LogP contribution in [0, 0.1) is 0 Å². The lowest BCUT2D eigenvalue weighted by Crippen LogP contribution is -1.86. The molecule has 0 saturated heterocycles. The molecular weight excluding hydrogens is 132 g/mol. The van der Waals surface area contributed by atoms with Gasteiger partial charge in [-0.25, -0.2) is 9.97 Å². The SMILES string of the molecule is C[SH](C)c1ncccn1. The lowest BCUT2D eigenvalue weighted by molar-refractivity contribution is 0.965. The van der Waals surface area contributed by atoms with Crippen LogP contribution in [0.1, 0.15) is 0 Å². The Morgan fingerprint density at radius 1 is 1.22 bits per heavy atom. The van der Waals surface area contributed by atoms with Gasteiger partial charge in [0.05, 0.1) is 0 Å². The van der Waals surface area contributed by atoms with Crippen molar-refractivity contribution in [1.82, 2.24) is 9.97 Å². The molecule has 0 aliphatic carbocycles. The fraction of sp³-hybridized carbons (Fsp3) is 0.333. The Labute approximate surface area is 57.7 Å². The molecule has 1 rings (SSSR count). The first-order chi connectivity index (χ1) is 4.30. The Bertz CT molecular complexity index is 174. The fourth-order valence-corrected chi connectivity index (χ4v) is 1.12. The Balaban J connectivity index is 2.85. The summed E-state index contributed by atoms with van der Waals surface area (Å²) in [5.74, 6) is 0. The molecule has 0 aromatic carbocycles. The van der Waals surface area contributed by atoms with E-state index in [0.717, 1.165) is 5.16 Å². The van der Waals surface area contributed by atoms with Crippen LogP contribution in [0.2, 0.25) is 0 Å². The molecule has 2 nitrogen and oxygen atoms in total. The van der Waals surface area contributed by atoms with Gasteiger partial charge in [0, 0.05) is 12.4 Å². The van der Waals surface area contributed by atoms with Crippen molar-refractivity contribution in [3.8, 4) is 0 Å². The molecule has 0 unspecified atom stereocenters. The predicted octanol–water partition coefficient (Wildman–Crippen LogP) is 1.10. The minimum atomic E-state index is -0.118. The highest BCUT2D eigenvalue weighted by Gasteiger charge is 1.92. The zero-order valence-corrected chi connectivity index (χ0v) is 6.47. The molecule has 0 bridgehead atoms. The molecule has 0 atom stereocenters. The van der Waals surface area contributed by atoms with Gasteiger partial charge in [0.25, 0.3) is 0 Å². The summed E-state index contributed by atoms with van der Waals surface area (Å²) in [4.78, 5) is 8.19. The molecule has 0 aliphatic heterocycles. The van der Waals surface area contributed by atoms with E-state index in [1.54, 1.807) is 12.4 Å². The molecule has 0 radical (unpaired) electrons. The highest BCUT2D eigenvalue weighted by molar-refractivity contribution is 8.15.